The maximum absolute atomic E-state index is 8.59. The standard InChI is InChI=1S/C14H18O2/c1-16-14-10-8-13(9-11-14)7-5-3-2-4-6-12-15/h2-3,5,7-11,15H,4,6,12H2,1H3/b3-2+,7-5+. The molecule has 0 aromatic heterocycles. The van der Waals surface area contributed by atoms with E-state index in [1.807, 2.05) is 42.5 Å². The number of hydrogen-bond acceptors (Lipinski definition) is 2. The third kappa shape index (κ3) is 4.80. The Hall–Kier alpha value is -1.54. The molecule has 1 aromatic carbocycles. The average Bonchev–Trinajstić information content (AvgIpc) is 2.34. The van der Waals surface area contributed by atoms with E-state index in [-0.39, 0.29) is 6.61 Å². The van der Waals surface area contributed by atoms with Crippen LogP contribution in [0.1, 0.15) is 18.4 Å². The summed E-state index contributed by atoms with van der Waals surface area (Å²) >= 11 is 0. The molecule has 0 saturated heterocycles. The van der Waals surface area contributed by atoms with Crippen molar-refractivity contribution in [1.29, 1.82) is 0 Å². The largest absolute Gasteiger partial charge is 0.497 e. The number of unbranched alkanes of at least 4 members (excludes halogenated alkanes) is 1. The predicted octanol–water partition coefficient (Wildman–Crippen LogP) is 3.04. The Labute approximate surface area is 96.9 Å². The Bertz CT molecular complexity index is 336. The number of rotatable bonds is 6. The van der Waals surface area contributed by atoms with E-state index in [0.29, 0.717) is 0 Å². The summed E-state index contributed by atoms with van der Waals surface area (Å²) in [5, 5.41) is 8.59. The highest BCUT2D eigenvalue weighted by Gasteiger charge is 1.88. The van der Waals surface area contributed by atoms with Gasteiger partial charge in [0.15, 0.2) is 0 Å². The monoisotopic (exact) mass is 218 g/mol. The van der Waals surface area contributed by atoms with Crippen molar-refractivity contribution in [2.45, 2.75) is 12.8 Å². The van der Waals surface area contributed by atoms with E-state index in [0.717, 1.165) is 24.2 Å². The molecular formula is C14H18O2. The molecule has 0 unspecified atom stereocenters. The van der Waals surface area contributed by atoms with Crippen LogP contribution in [-0.4, -0.2) is 18.8 Å². The summed E-state index contributed by atoms with van der Waals surface area (Å²) < 4.78 is 5.08. The highest BCUT2D eigenvalue weighted by Crippen LogP contribution is 2.12. The van der Waals surface area contributed by atoms with Gasteiger partial charge in [-0.1, -0.05) is 36.4 Å². The van der Waals surface area contributed by atoms with Gasteiger partial charge in [-0.3, -0.25) is 0 Å². The van der Waals surface area contributed by atoms with Gasteiger partial charge in [-0.2, -0.15) is 0 Å². The second-order valence-corrected chi connectivity index (χ2v) is 3.43. The number of ether oxygens (including phenoxy) is 1. The molecule has 0 spiro atoms. The van der Waals surface area contributed by atoms with Gasteiger partial charge >= 0.3 is 0 Å². The molecule has 0 aliphatic rings. The van der Waals surface area contributed by atoms with Crippen LogP contribution in [0.5, 0.6) is 5.75 Å². The molecule has 0 amide bonds. The summed E-state index contributed by atoms with van der Waals surface area (Å²) in [6.07, 6.45) is 9.83. The SMILES string of the molecule is COc1ccc(/C=C/C=C/CCCO)cc1. The summed E-state index contributed by atoms with van der Waals surface area (Å²) in [5.41, 5.74) is 1.15. The van der Waals surface area contributed by atoms with Crippen LogP contribution < -0.4 is 4.74 Å². The van der Waals surface area contributed by atoms with Crippen LogP contribution in [0.15, 0.2) is 42.5 Å². The summed E-state index contributed by atoms with van der Waals surface area (Å²) in [7, 11) is 1.66. The van der Waals surface area contributed by atoms with Gasteiger partial charge in [0.1, 0.15) is 5.75 Å². The predicted molar refractivity (Wildman–Crippen MR) is 67.5 cm³/mol. The molecule has 86 valence electrons. The molecule has 2 nitrogen and oxygen atoms in total. The maximum atomic E-state index is 8.59. The first-order valence-corrected chi connectivity index (χ1v) is 5.45. The quantitative estimate of drug-likeness (QED) is 0.587. The first-order chi connectivity index (χ1) is 7.86. The van der Waals surface area contributed by atoms with Crippen molar-refractivity contribution in [3.63, 3.8) is 0 Å². The zero-order valence-corrected chi connectivity index (χ0v) is 9.60. The molecule has 1 N–H and O–H groups in total. The van der Waals surface area contributed by atoms with Crippen molar-refractivity contribution in [1.82, 2.24) is 0 Å². The van der Waals surface area contributed by atoms with Gasteiger partial charge in [-0.05, 0) is 30.5 Å². The van der Waals surface area contributed by atoms with Crippen LogP contribution in [-0.2, 0) is 0 Å². The first-order valence-electron chi connectivity index (χ1n) is 5.45. The molecule has 0 aliphatic heterocycles. The van der Waals surface area contributed by atoms with Crippen molar-refractivity contribution < 1.29 is 9.84 Å². The highest BCUT2D eigenvalue weighted by molar-refractivity contribution is 5.52. The maximum Gasteiger partial charge on any atom is 0.118 e. The molecule has 0 aliphatic carbocycles. The van der Waals surface area contributed by atoms with Gasteiger partial charge in [0.2, 0.25) is 0 Å². The number of benzene rings is 1. The van der Waals surface area contributed by atoms with Crippen LogP contribution >= 0.6 is 0 Å². The molecule has 2 heteroatoms. The molecule has 0 radical (unpaired) electrons. The number of aliphatic hydroxyl groups is 1. The fraction of sp³-hybridized carbons (Fsp3) is 0.286. The van der Waals surface area contributed by atoms with Crippen molar-refractivity contribution >= 4 is 6.08 Å². The van der Waals surface area contributed by atoms with E-state index < -0.39 is 0 Å². The van der Waals surface area contributed by atoms with Crippen LogP contribution in [0.2, 0.25) is 0 Å². The van der Waals surface area contributed by atoms with Gasteiger partial charge in [0.05, 0.1) is 7.11 Å². The molecule has 0 atom stereocenters. The second-order valence-electron chi connectivity index (χ2n) is 3.43. The first kappa shape index (κ1) is 12.5. The molecule has 0 heterocycles. The smallest absolute Gasteiger partial charge is 0.118 e. The van der Waals surface area contributed by atoms with Gasteiger partial charge < -0.3 is 9.84 Å². The zero-order chi connectivity index (χ0) is 11.6. The van der Waals surface area contributed by atoms with Gasteiger partial charge in [-0.25, -0.2) is 0 Å². The van der Waals surface area contributed by atoms with Crippen molar-refractivity contribution in [2.75, 3.05) is 13.7 Å². The minimum Gasteiger partial charge on any atom is -0.497 e. The van der Waals surface area contributed by atoms with Crippen molar-refractivity contribution in [3.8, 4) is 5.75 Å². The number of allylic oxidation sites excluding steroid dienone is 3. The molecule has 1 aromatic rings. The third-order valence-electron chi connectivity index (χ3n) is 2.18. The van der Waals surface area contributed by atoms with Gasteiger partial charge in [-0.15, -0.1) is 0 Å². The highest BCUT2D eigenvalue weighted by atomic mass is 16.5. The van der Waals surface area contributed by atoms with Crippen LogP contribution in [0.4, 0.5) is 0 Å². The topological polar surface area (TPSA) is 29.5 Å². The Kier molecular flexibility index (Phi) is 6.04. The van der Waals surface area contributed by atoms with E-state index in [1.165, 1.54) is 0 Å². The number of aliphatic hydroxyl groups excluding tert-OH is 1. The van der Waals surface area contributed by atoms with Crippen LogP contribution in [0.25, 0.3) is 6.08 Å². The number of hydrogen-bond donors (Lipinski definition) is 1. The summed E-state index contributed by atoms with van der Waals surface area (Å²) in [4.78, 5) is 0. The van der Waals surface area contributed by atoms with E-state index in [2.05, 4.69) is 6.08 Å². The lowest BCUT2D eigenvalue weighted by molar-refractivity contribution is 0.289. The minimum absolute atomic E-state index is 0.256. The van der Waals surface area contributed by atoms with Gasteiger partial charge in [0, 0.05) is 6.61 Å². The summed E-state index contributed by atoms with van der Waals surface area (Å²) in [5.74, 6) is 0.871. The van der Waals surface area contributed by atoms with Crippen LogP contribution in [0.3, 0.4) is 0 Å². The Morgan fingerprint density at radius 2 is 1.94 bits per heavy atom. The Morgan fingerprint density at radius 1 is 1.19 bits per heavy atom. The molecule has 0 saturated carbocycles. The van der Waals surface area contributed by atoms with Crippen LogP contribution in [0, 0.1) is 0 Å². The summed E-state index contributed by atoms with van der Waals surface area (Å²) in [6, 6.07) is 7.90. The lowest BCUT2D eigenvalue weighted by Gasteiger charge is -1.98. The Morgan fingerprint density at radius 3 is 2.56 bits per heavy atom. The molecule has 16 heavy (non-hydrogen) atoms. The fourth-order valence-electron chi connectivity index (χ4n) is 1.27. The normalized spacial score (nSPS) is 11.4. The second kappa shape index (κ2) is 7.71. The lowest BCUT2D eigenvalue weighted by atomic mass is 10.2. The molecule has 0 fully saturated rings. The van der Waals surface area contributed by atoms with Crippen molar-refractivity contribution in [2.24, 2.45) is 0 Å². The zero-order valence-electron chi connectivity index (χ0n) is 9.60. The fourth-order valence-corrected chi connectivity index (χ4v) is 1.27. The van der Waals surface area contributed by atoms with E-state index in [9.17, 15) is 0 Å². The molecule has 1 rings (SSSR count). The molecular weight excluding hydrogens is 200 g/mol. The number of methoxy groups -OCH3 is 1. The van der Waals surface area contributed by atoms with E-state index in [4.69, 9.17) is 9.84 Å². The summed E-state index contributed by atoms with van der Waals surface area (Å²) in [6.45, 7) is 0.256. The lowest BCUT2D eigenvalue weighted by Crippen LogP contribution is -1.81. The molecule has 0 bridgehead atoms. The third-order valence-corrected chi connectivity index (χ3v) is 2.18. The van der Waals surface area contributed by atoms with E-state index >= 15 is 0 Å². The van der Waals surface area contributed by atoms with Gasteiger partial charge in [0.25, 0.3) is 0 Å². The average molecular weight is 218 g/mol. The minimum atomic E-state index is 0.256. The Balaban J connectivity index is 2.40. The van der Waals surface area contributed by atoms with E-state index in [1.54, 1.807) is 7.11 Å². The van der Waals surface area contributed by atoms with Crippen molar-refractivity contribution in [3.05, 3.63) is 48.1 Å².